The van der Waals surface area contributed by atoms with Crippen LogP contribution in [0.3, 0.4) is 0 Å². The molecule has 0 amide bonds. The highest BCUT2D eigenvalue weighted by atomic mass is 16.7. The van der Waals surface area contributed by atoms with Crippen LogP contribution in [0.2, 0.25) is 0 Å². The summed E-state index contributed by atoms with van der Waals surface area (Å²) in [4.78, 5) is 74.0. The Bertz CT molecular complexity index is 2870. The van der Waals surface area contributed by atoms with Crippen molar-refractivity contribution in [3.8, 4) is 0 Å². The van der Waals surface area contributed by atoms with Crippen molar-refractivity contribution in [3.63, 3.8) is 0 Å². The molecule has 0 spiro atoms. The van der Waals surface area contributed by atoms with Crippen molar-refractivity contribution in [1.29, 1.82) is 0 Å². The van der Waals surface area contributed by atoms with Crippen LogP contribution in [0.4, 0.5) is 0 Å². The first kappa shape index (κ1) is 66.2. The zero-order valence-electron chi connectivity index (χ0n) is 53.9. The lowest BCUT2D eigenvalue weighted by atomic mass is 9.34. The van der Waals surface area contributed by atoms with Crippen molar-refractivity contribution in [2.45, 2.75) is 235 Å². The second kappa shape index (κ2) is 23.9. The summed E-state index contributed by atoms with van der Waals surface area (Å²) in [5.74, 6) is -2.68. The van der Waals surface area contributed by atoms with Crippen molar-refractivity contribution in [2.24, 2.45) is 79.3 Å². The molecule has 16 heteroatoms. The fraction of sp³-hybridized carbons (Fsp3) is 0.771. The summed E-state index contributed by atoms with van der Waals surface area (Å²) in [5.41, 5.74) is -1.57. The lowest BCUT2D eigenvalue weighted by Gasteiger charge is -2.69. The molecule has 9 rings (SSSR count). The van der Waals surface area contributed by atoms with Gasteiger partial charge in [-0.1, -0.05) is 97.3 Å². The van der Waals surface area contributed by atoms with Gasteiger partial charge in [-0.25, -0.2) is 4.85 Å². The zero-order chi connectivity index (χ0) is 63.2. The number of nitrogens with zero attached hydrogens (tertiary/aromatic N) is 1. The van der Waals surface area contributed by atoms with Crippen molar-refractivity contribution in [2.75, 3.05) is 26.9 Å². The second-order valence-electron chi connectivity index (χ2n) is 30.6. The number of unbranched alkanes of at least 4 members (excludes halogenated alkanes) is 1. The van der Waals surface area contributed by atoms with E-state index in [9.17, 15) is 34.8 Å². The number of ether oxygens (including phenoxy) is 6. The maximum Gasteiger partial charge on any atom is 0.306 e. The number of ketones is 3. The molecule has 5 fully saturated rings. The van der Waals surface area contributed by atoms with Gasteiger partial charge in [0.1, 0.15) is 30.2 Å². The van der Waals surface area contributed by atoms with Crippen molar-refractivity contribution in [3.05, 3.63) is 70.3 Å². The van der Waals surface area contributed by atoms with E-state index in [2.05, 4.69) is 52.1 Å². The van der Waals surface area contributed by atoms with E-state index in [0.717, 1.165) is 55.2 Å². The van der Waals surface area contributed by atoms with Gasteiger partial charge in [-0.2, -0.15) is 0 Å². The molecule has 0 aromatic carbocycles. The third-order valence-electron chi connectivity index (χ3n) is 24.2. The van der Waals surface area contributed by atoms with E-state index in [1.54, 1.807) is 27.0 Å². The molecule has 0 bridgehead atoms. The van der Waals surface area contributed by atoms with Crippen LogP contribution < -0.4 is 0 Å². The Morgan fingerprint density at radius 3 is 2.24 bits per heavy atom. The number of carbonyl (C=O) groups excluding carboxylic acids is 5. The average molecular weight is 1200 g/mol. The molecule has 8 aliphatic carbocycles. The molecule has 9 aliphatic rings. The van der Waals surface area contributed by atoms with Crippen molar-refractivity contribution in [1.82, 2.24) is 0 Å². The van der Waals surface area contributed by atoms with E-state index >= 15 is 9.59 Å². The molecule has 476 valence electrons. The maximum atomic E-state index is 15.2. The quantitative estimate of drug-likeness (QED) is 0.0433. The number of Topliss-reactive ketones (excluding diaryl/α,β-unsaturated/α-hetero) is 2. The molecule has 0 radical (unpaired) electrons. The lowest BCUT2D eigenvalue weighted by molar-refractivity contribution is -0.320. The Kier molecular flexibility index (Phi) is 18.4. The smallest absolute Gasteiger partial charge is 0.306 e. The minimum Gasteiger partial charge on any atom is -0.465 e. The van der Waals surface area contributed by atoms with Gasteiger partial charge in [-0.3, -0.25) is 19.2 Å². The van der Waals surface area contributed by atoms with Crippen LogP contribution in [0.5, 0.6) is 0 Å². The van der Waals surface area contributed by atoms with Crippen LogP contribution in [0.15, 0.2) is 58.9 Å². The van der Waals surface area contributed by atoms with Crippen molar-refractivity contribution >= 4 is 29.3 Å². The minimum atomic E-state index is -1.78. The molecule has 1 saturated heterocycles. The van der Waals surface area contributed by atoms with Crippen molar-refractivity contribution < 1.29 is 72.8 Å². The minimum absolute atomic E-state index is 0.00966. The molecule has 1 aliphatic heterocycles. The Morgan fingerprint density at radius 1 is 0.895 bits per heavy atom. The molecule has 1 heterocycles. The number of aliphatic hydroxyl groups excluding tert-OH is 4. The zero-order valence-corrected chi connectivity index (χ0v) is 53.9. The fourth-order valence-corrected chi connectivity index (χ4v) is 18.8. The predicted octanol–water partition coefficient (Wildman–Crippen LogP) is 10.3. The van der Waals surface area contributed by atoms with Gasteiger partial charge in [0, 0.05) is 66.3 Å². The van der Waals surface area contributed by atoms with Gasteiger partial charge >= 0.3 is 11.9 Å². The van der Waals surface area contributed by atoms with Crippen LogP contribution in [-0.4, -0.2) is 131 Å². The first-order valence-corrected chi connectivity index (χ1v) is 32.2. The number of hydrogen-bond donors (Lipinski definition) is 4. The summed E-state index contributed by atoms with van der Waals surface area (Å²) in [6.07, 6.45) is 3.90. The number of fused-ring (bicyclic) bond motifs is 9. The standard InChI is InChI=1S/C70H101NO15/c1-17-64(7,8)83-37-48-57(78)60(58(79)62(84-48)86-59-54-43(38(2)35-82-40(4)72)30-52(75)67(54,12)32-44-41(36-81-16)22-23-42(44)39(3)56(59)77)85-53(76)21-19-18-20-51(74)70-28-26-63(5,6)33-45(70)55-47(73)31-50-66(11)34-46(71-15)61(80)65(9,10)49(66)24-25-68(50,13)69(55,14)27-29-70/h17,31-32,34,38-39,41-42,45,48-49,52,55-60,62,75,77-79H,1,18-30,33,35-37H2,2-14,16H3/b44-32-/t38-,39-,41-,42+,45+,48?,49+,52+,55+,56-,57?,58?,59-,60?,62?,66+,67+,68-,69-,70+/m1/s1. The Labute approximate surface area is 511 Å². The highest BCUT2D eigenvalue weighted by Crippen LogP contribution is 2.75. The van der Waals surface area contributed by atoms with E-state index in [1.165, 1.54) is 6.92 Å². The summed E-state index contributed by atoms with van der Waals surface area (Å²) in [7, 11) is 1.66. The van der Waals surface area contributed by atoms with Crippen LogP contribution in [0.25, 0.3) is 4.85 Å². The van der Waals surface area contributed by atoms with E-state index in [-0.39, 0.29) is 91.0 Å². The molecule has 20 atom stereocenters. The van der Waals surface area contributed by atoms with E-state index in [0.29, 0.717) is 37.9 Å². The average Bonchev–Trinajstić information content (AvgIpc) is 0.826. The second-order valence-corrected chi connectivity index (χ2v) is 30.6. The van der Waals surface area contributed by atoms with Crippen LogP contribution in [-0.2, 0) is 52.4 Å². The van der Waals surface area contributed by atoms with E-state index in [1.807, 2.05) is 46.8 Å². The van der Waals surface area contributed by atoms with Gasteiger partial charge in [0.2, 0.25) is 5.70 Å². The first-order valence-electron chi connectivity index (χ1n) is 32.2. The van der Waals surface area contributed by atoms with Gasteiger partial charge in [-0.15, -0.1) is 6.58 Å². The van der Waals surface area contributed by atoms with Crippen LogP contribution in [0.1, 0.15) is 180 Å². The van der Waals surface area contributed by atoms with E-state index in [4.69, 9.17) is 35.0 Å². The van der Waals surface area contributed by atoms with Gasteiger partial charge < -0.3 is 53.6 Å². The lowest BCUT2D eigenvalue weighted by Crippen LogP contribution is -2.65. The highest BCUT2D eigenvalue weighted by molar-refractivity contribution is 6.03. The Hall–Kier alpha value is -4.18. The summed E-state index contributed by atoms with van der Waals surface area (Å²) in [6, 6.07) is 0. The molecule has 86 heavy (non-hydrogen) atoms. The molecule has 16 nitrogen and oxygen atoms in total. The van der Waals surface area contributed by atoms with E-state index < -0.39 is 117 Å². The Morgan fingerprint density at radius 2 is 1.58 bits per heavy atom. The number of rotatable bonds is 18. The molecule has 0 aromatic rings. The number of hydrogen-bond acceptors (Lipinski definition) is 15. The molecular weight excluding hydrogens is 1090 g/mol. The first-order chi connectivity index (χ1) is 40.1. The summed E-state index contributed by atoms with van der Waals surface area (Å²) < 4.78 is 36.8. The largest absolute Gasteiger partial charge is 0.465 e. The third kappa shape index (κ3) is 11.2. The molecular formula is C70H101NO15. The number of esters is 2. The van der Waals surface area contributed by atoms with Crippen LogP contribution in [0, 0.1) is 85.9 Å². The topological polar surface area (TPSA) is 226 Å². The monoisotopic (exact) mass is 1200 g/mol. The normalized spacial score (nSPS) is 42.5. The maximum absolute atomic E-state index is 15.2. The number of carbonyl (C=O) groups is 5. The number of allylic oxidation sites excluding steroid dienone is 4. The van der Waals surface area contributed by atoms with Gasteiger partial charge in [0.15, 0.2) is 24.0 Å². The number of aliphatic hydroxyl groups is 4. The summed E-state index contributed by atoms with van der Waals surface area (Å²) >= 11 is 0. The SMILES string of the molecule is [C-]#[N+]C1=C[C@]2(C)C3=CC(=O)[C@@H]4[C@@H]5CC(C)(C)CC[C@]5(C(=O)CCCCC(=O)OC5C(O)C(COC(C)(C)C=C)OC(O[C@@H]6C7=C([C@H](C)COC(C)=O)C[C@H](O)[C@]7(C)/C=C7/[C@@H](COC)CC[C@H]7[C@@H](C)[C@H]6O)C5O)CC[C@@]4(C)[C@]3(C)CC[C@H]2C(C)(C)C1=O. The van der Waals surface area contributed by atoms with Gasteiger partial charge in [0.25, 0.3) is 0 Å². The number of methoxy groups -OCH3 is 1. The summed E-state index contributed by atoms with van der Waals surface area (Å²) in [6.45, 7) is 37.8. The molecule has 0 aromatic heterocycles. The third-order valence-corrected chi connectivity index (χ3v) is 24.2. The molecule has 4 saturated carbocycles. The fourth-order valence-electron chi connectivity index (χ4n) is 18.8. The van der Waals surface area contributed by atoms with Gasteiger partial charge in [0.05, 0.1) is 44.2 Å². The van der Waals surface area contributed by atoms with Crippen LogP contribution >= 0.6 is 0 Å². The Balaban J connectivity index is 0.941. The molecule has 5 unspecified atom stereocenters. The predicted molar refractivity (Wildman–Crippen MR) is 322 cm³/mol. The summed E-state index contributed by atoms with van der Waals surface area (Å²) in [5, 5.41) is 49.3. The highest BCUT2D eigenvalue weighted by Gasteiger charge is 2.71. The van der Waals surface area contributed by atoms with Gasteiger partial charge in [-0.05, 0) is 149 Å². The molecule has 4 N–H and O–H groups in total.